The molecule has 1 fully saturated rings. The zero-order valence-corrected chi connectivity index (χ0v) is 14.2. The first-order valence-corrected chi connectivity index (χ1v) is 8.12. The fourth-order valence-electron chi connectivity index (χ4n) is 2.45. The highest BCUT2D eigenvalue weighted by molar-refractivity contribution is 5.77. The summed E-state index contributed by atoms with van der Waals surface area (Å²) in [6.45, 7) is 4.72. The molecule has 1 aromatic rings. The highest BCUT2D eigenvalue weighted by Gasteiger charge is 2.15. The number of benzene rings is 1. The van der Waals surface area contributed by atoms with Gasteiger partial charge in [-0.05, 0) is 19.0 Å². The molecule has 0 aromatic heterocycles. The first-order chi connectivity index (χ1) is 12.1. The Morgan fingerprint density at radius 1 is 1.40 bits per heavy atom. The quantitative estimate of drug-likeness (QED) is 0.398. The topological polar surface area (TPSA) is 103 Å². The van der Waals surface area contributed by atoms with Crippen molar-refractivity contribution in [2.45, 2.75) is 6.42 Å². The van der Waals surface area contributed by atoms with Crippen LogP contribution in [0.4, 0.5) is 5.69 Å². The van der Waals surface area contributed by atoms with E-state index in [4.69, 9.17) is 14.2 Å². The number of carbonyl (C=O) groups excluding carboxylic acids is 1. The van der Waals surface area contributed by atoms with Gasteiger partial charge in [0.2, 0.25) is 5.75 Å². The van der Waals surface area contributed by atoms with Crippen LogP contribution in [0.3, 0.4) is 0 Å². The molecule has 1 aromatic carbocycles. The second-order valence-corrected chi connectivity index (χ2v) is 5.54. The van der Waals surface area contributed by atoms with Gasteiger partial charge in [-0.3, -0.25) is 19.8 Å². The SMILES string of the molecule is COc1cc(OCC(=O)NCCCN2CCOCC2)ccc1[N+](=O)[O-]. The van der Waals surface area contributed by atoms with Crippen LogP contribution in [-0.4, -0.2) is 68.8 Å². The Bertz CT molecular complexity index is 589. The van der Waals surface area contributed by atoms with Crippen molar-refractivity contribution in [1.82, 2.24) is 10.2 Å². The number of nitro benzene ring substituents is 1. The number of carbonyl (C=O) groups is 1. The third kappa shape index (κ3) is 6.20. The van der Waals surface area contributed by atoms with Gasteiger partial charge in [-0.1, -0.05) is 0 Å². The van der Waals surface area contributed by atoms with Crippen LogP contribution < -0.4 is 14.8 Å². The van der Waals surface area contributed by atoms with Crippen LogP contribution in [0.25, 0.3) is 0 Å². The maximum Gasteiger partial charge on any atom is 0.311 e. The fourth-order valence-corrected chi connectivity index (χ4v) is 2.45. The van der Waals surface area contributed by atoms with Gasteiger partial charge < -0.3 is 19.5 Å². The number of amides is 1. The summed E-state index contributed by atoms with van der Waals surface area (Å²) in [5, 5.41) is 13.6. The van der Waals surface area contributed by atoms with E-state index in [1.54, 1.807) is 0 Å². The average molecular weight is 353 g/mol. The molecule has 0 radical (unpaired) electrons. The zero-order chi connectivity index (χ0) is 18.1. The molecule has 1 saturated heterocycles. The summed E-state index contributed by atoms with van der Waals surface area (Å²) in [5.74, 6) is 0.193. The first kappa shape index (κ1) is 18.9. The summed E-state index contributed by atoms with van der Waals surface area (Å²) in [4.78, 5) is 24.4. The monoisotopic (exact) mass is 353 g/mol. The molecule has 1 N–H and O–H groups in total. The lowest BCUT2D eigenvalue weighted by molar-refractivity contribution is -0.385. The Kier molecular flexibility index (Phi) is 7.42. The number of rotatable bonds is 9. The summed E-state index contributed by atoms with van der Waals surface area (Å²) >= 11 is 0. The van der Waals surface area contributed by atoms with Crippen molar-refractivity contribution in [3.63, 3.8) is 0 Å². The number of hydrogen-bond acceptors (Lipinski definition) is 7. The largest absolute Gasteiger partial charge is 0.490 e. The summed E-state index contributed by atoms with van der Waals surface area (Å²) in [6, 6.07) is 4.12. The molecule has 0 atom stereocenters. The predicted octanol–water partition coefficient (Wildman–Crippen LogP) is 0.821. The molecule has 9 heteroatoms. The minimum absolute atomic E-state index is 0.0911. The molecule has 1 aliphatic rings. The second-order valence-electron chi connectivity index (χ2n) is 5.54. The highest BCUT2D eigenvalue weighted by atomic mass is 16.6. The van der Waals surface area contributed by atoms with Crippen molar-refractivity contribution in [1.29, 1.82) is 0 Å². The molecule has 2 rings (SSSR count). The Balaban J connectivity index is 1.68. The van der Waals surface area contributed by atoms with Gasteiger partial charge in [-0.15, -0.1) is 0 Å². The lowest BCUT2D eigenvalue weighted by Crippen LogP contribution is -2.38. The number of ether oxygens (including phenoxy) is 3. The van der Waals surface area contributed by atoms with Crippen LogP contribution in [-0.2, 0) is 9.53 Å². The first-order valence-electron chi connectivity index (χ1n) is 8.12. The molecule has 0 spiro atoms. The molecule has 1 aliphatic heterocycles. The van der Waals surface area contributed by atoms with Crippen molar-refractivity contribution in [3.05, 3.63) is 28.3 Å². The molecular weight excluding hydrogens is 330 g/mol. The van der Waals surface area contributed by atoms with E-state index < -0.39 is 4.92 Å². The molecule has 25 heavy (non-hydrogen) atoms. The van der Waals surface area contributed by atoms with E-state index in [0.717, 1.165) is 39.3 Å². The van der Waals surface area contributed by atoms with Crippen molar-refractivity contribution >= 4 is 11.6 Å². The van der Waals surface area contributed by atoms with Crippen LogP contribution >= 0.6 is 0 Å². The predicted molar refractivity (Wildman–Crippen MR) is 90.0 cm³/mol. The summed E-state index contributed by atoms with van der Waals surface area (Å²) < 4.78 is 15.6. The Labute approximate surface area is 146 Å². The smallest absolute Gasteiger partial charge is 0.311 e. The third-order valence-corrected chi connectivity index (χ3v) is 3.79. The number of morpholine rings is 1. The Morgan fingerprint density at radius 3 is 2.84 bits per heavy atom. The maximum atomic E-state index is 11.8. The van der Waals surface area contributed by atoms with E-state index >= 15 is 0 Å². The molecule has 0 unspecified atom stereocenters. The Hall–Kier alpha value is -2.39. The van der Waals surface area contributed by atoms with Gasteiger partial charge in [0.15, 0.2) is 6.61 Å². The van der Waals surface area contributed by atoms with E-state index in [9.17, 15) is 14.9 Å². The van der Waals surface area contributed by atoms with Crippen LogP contribution in [0, 0.1) is 10.1 Å². The van der Waals surface area contributed by atoms with Crippen molar-refractivity contribution in [3.8, 4) is 11.5 Å². The van der Waals surface area contributed by atoms with Gasteiger partial charge in [-0.2, -0.15) is 0 Å². The van der Waals surface area contributed by atoms with E-state index in [2.05, 4.69) is 10.2 Å². The van der Waals surface area contributed by atoms with E-state index in [-0.39, 0.29) is 24.0 Å². The maximum absolute atomic E-state index is 11.8. The van der Waals surface area contributed by atoms with Crippen LogP contribution in [0.1, 0.15) is 6.42 Å². The molecule has 0 bridgehead atoms. The standard InChI is InChI=1S/C16H23N3O6/c1-23-15-11-13(3-4-14(15)19(21)22)25-12-16(20)17-5-2-6-18-7-9-24-10-8-18/h3-4,11H,2,5-10,12H2,1H3,(H,17,20). The number of nitrogens with one attached hydrogen (secondary N) is 1. The minimum Gasteiger partial charge on any atom is -0.490 e. The van der Waals surface area contributed by atoms with Gasteiger partial charge in [0.1, 0.15) is 5.75 Å². The van der Waals surface area contributed by atoms with Gasteiger partial charge in [0.05, 0.1) is 25.2 Å². The minimum atomic E-state index is -0.538. The van der Waals surface area contributed by atoms with Crippen LogP contribution in [0.2, 0.25) is 0 Å². The molecule has 9 nitrogen and oxygen atoms in total. The lowest BCUT2D eigenvalue weighted by atomic mass is 10.3. The van der Waals surface area contributed by atoms with E-state index in [1.165, 1.54) is 25.3 Å². The van der Waals surface area contributed by atoms with Gasteiger partial charge in [0, 0.05) is 31.8 Å². The number of methoxy groups -OCH3 is 1. The summed E-state index contributed by atoms with van der Waals surface area (Å²) in [7, 11) is 1.34. The summed E-state index contributed by atoms with van der Waals surface area (Å²) in [5.41, 5.74) is -0.151. The van der Waals surface area contributed by atoms with Crippen LogP contribution in [0.5, 0.6) is 11.5 Å². The van der Waals surface area contributed by atoms with Crippen LogP contribution in [0.15, 0.2) is 18.2 Å². The number of nitrogens with zero attached hydrogens (tertiary/aromatic N) is 2. The molecular formula is C16H23N3O6. The van der Waals surface area contributed by atoms with Gasteiger partial charge in [0.25, 0.3) is 5.91 Å². The van der Waals surface area contributed by atoms with E-state index in [0.29, 0.717) is 12.3 Å². The van der Waals surface area contributed by atoms with Gasteiger partial charge >= 0.3 is 5.69 Å². The molecule has 0 saturated carbocycles. The average Bonchev–Trinajstić information content (AvgIpc) is 2.64. The highest BCUT2D eigenvalue weighted by Crippen LogP contribution is 2.30. The zero-order valence-electron chi connectivity index (χ0n) is 14.2. The van der Waals surface area contributed by atoms with Gasteiger partial charge in [-0.25, -0.2) is 0 Å². The fraction of sp³-hybridized carbons (Fsp3) is 0.562. The van der Waals surface area contributed by atoms with Crippen molar-refractivity contribution in [2.24, 2.45) is 0 Å². The van der Waals surface area contributed by atoms with Crippen molar-refractivity contribution < 1.29 is 23.9 Å². The number of hydrogen-bond donors (Lipinski definition) is 1. The second kappa shape index (κ2) is 9.80. The molecule has 1 heterocycles. The Morgan fingerprint density at radius 2 is 2.16 bits per heavy atom. The molecule has 0 aliphatic carbocycles. The van der Waals surface area contributed by atoms with Crippen molar-refractivity contribution in [2.75, 3.05) is 53.1 Å². The summed E-state index contributed by atoms with van der Waals surface area (Å²) in [6.07, 6.45) is 0.858. The molecule has 1 amide bonds. The lowest BCUT2D eigenvalue weighted by Gasteiger charge is -2.26. The van der Waals surface area contributed by atoms with E-state index in [1.807, 2.05) is 0 Å². The third-order valence-electron chi connectivity index (χ3n) is 3.79. The normalized spacial score (nSPS) is 14.8. The number of nitro groups is 1. The molecule has 138 valence electrons.